The minimum absolute atomic E-state index is 0.281. The molecule has 0 aromatic heterocycles. The van der Waals surface area contributed by atoms with Crippen molar-refractivity contribution < 1.29 is 9.47 Å². The van der Waals surface area contributed by atoms with E-state index in [1.54, 1.807) is 7.11 Å². The van der Waals surface area contributed by atoms with Crippen LogP contribution in [-0.2, 0) is 9.47 Å². The van der Waals surface area contributed by atoms with Gasteiger partial charge in [0.15, 0.2) is 0 Å². The molecule has 3 unspecified atom stereocenters. The minimum Gasteiger partial charge on any atom is -0.384 e. The van der Waals surface area contributed by atoms with Crippen LogP contribution in [0, 0.1) is 11.8 Å². The Kier molecular flexibility index (Phi) is 4.58. The standard InChI is InChI=1S/C12H24N2O2/c1-15-8-10-2-4-14(6-10)7-12(13)11-3-5-16-9-11/h10-12H,2-9,13H2,1H3. The molecule has 2 aliphatic heterocycles. The smallest absolute Gasteiger partial charge is 0.0510 e. The minimum atomic E-state index is 0.281. The van der Waals surface area contributed by atoms with Gasteiger partial charge in [-0.1, -0.05) is 0 Å². The second-order valence-electron chi connectivity index (χ2n) is 5.16. The van der Waals surface area contributed by atoms with E-state index in [1.807, 2.05) is 0 Å². The molecule has 4 heteroatoms. The zero-order valence-corrected chi connectivity index (χ0v) is 10.2. The summed E-state index contributed by atoms with van der Waals surface area (Å²) < 4.78 is 10.6. The summed E-state index contributed by atoms with van der Waals surface area (Å²) in [5, 5.41) is 0. The molecule has 3 atom stereocenters. The van der Waals surface area contributed by atoms with Crippen molar-refractivity contribution in [2.45, 2.75) is 18.9 Å². The lowest BCUT2D eigenvalue weighted by atomic mass is 9.99. The Balaban J connectivity index is 1.69. The first-order valence-corrected chi connectivity index (χ1v) is 6.34. The van der Waals surface area contributed by atoms with E-state index in [0.29, 0.717) is 11.8 Å². The molecule has 2 saturated heterocycles. The molecule has 0 amide bonds. The number of methoxy groups -OCH3 is 1. The predicted octanol–water partition coefficient (Wildman–Crippen LogP) is 0.319. The first-order valence-electron chi connectivity index (χ1n) is 6.34. The topological polar surface area (TPSA) is 47.7 Å². The SMILES string of the molecule is COCC1CCN(CC(N)C2CCOC2)C1. The Morgan fingerprint density at radius 1 is 1.50 bits per heavy atom. The summed E-state index contributed by atoms with van der Waals surface area (Å²) in [6.45, 7) is 5.98. The summed E-state index contributed by atoms with van der Waals surface area (Å²) in [6, 6.07) is 0.281. The first kappa shape index (κ1) is 12.3. The van der Waals surface area contributed by atoms with E-state index in [9.17, 15) is 0 Å². The maximum Gasteiger partial charge on any atom is 0.0510 e. The summed E-state index contributed by atoms with van der Waals surface area (Å²) in [7, 11) is 1.78. The molecule has 0 saturated carbocycles. The highest BCUT2D eigenvalue weighted by atomic mass is 16.5. The van der Waals surface area contributed by atoms with Crippen LogP contribution in [0.25, 0.3) is 0 Å². The molecule has 4 nitrogen and oxygen atoms in total. The zero-order chi connectivity index (χ0) is 11.4. The maximum absolute atomic E-state index is 6.23. The fraction of sp³-hybridized carbons (Fsp3) is 1.00. The van der Waals surface area contributed by atoms with Gasteiger partial charge in [-0.05, 0) is 25.3 Å². The molecule has 16 heavy (non-hydrogen) atoms. The highest BCUT2D eigenvalue weighted by Gasteiger charge is 2.28. The van der Waals surface area contributed by atoms with Crippen molar-refractivity contribution in [3.63, 3.8) is 0 Å². The second kappa shape index (κ2) is 5.96. The van der Waals surface area contributed by atoms with Crippen LogP contribution in [0.3, 0.4) is 0 Å². The summed E-state index contributed by atoms with van der Waals surface area (Å²) in [5.41, 5.74) is 6.23. The van der Waals surface area contributed by atoms with Crippen molar-refractivity contribution in [1.29, 1.82) is 0 Å². The lowest BCUT2D eigenvalue weighted by Crippen LogP contribution is -2.41. The molecular formula is C12H24N2O2. The van der Waals surface area contributed by atoms with Gasteiger partial charge in [-0.15, -0.1) is 0 Å². The van der Waals surface area contributed by atoms with Crippen LogP contribution in [0.4, 0.5) is 0 Å². The number of hydrogen-bond acceptors (Lipinski definition) is 4. The van der Waals surface area contributed by atoms with E-state index in [-0.39, 0.29) is 6.04 Å². The van der Waals surface area contributed by atoms with Gasteiger partial charge in [0.1, 0.15) is 0 Å². The molecule has 0 aromatic rings. The highest BCUT2D eigenvalue weighted by molar-refractivity contribution is 4.83. The average Bonchev–Trinajstić information content (AvgIpc) is 2.89. The Labute approximate surface area is 98.1 Å². The quantitative estimate of drug-likeness (QED) is 0.736. The van der Waals surface area contributed by atoms with Crippen molar-refractivity contribution in [1.82, 2.24) is 4.90 Å². The largest absolute Gasteiger partial charge is 0.384 e. The van der Waals surface area contributed by atoms with Gasteiger partial charge >= 0.3 is 0 Å². The number of nitrogens with zero attached hydrogens (tertiary/aromatic N) is 1. The van der Waals surface area contributed by atoms with Crippen LogP contribution in [0.15, 0.2) is 0 Å². The molecule has 2 heterocycles. The molecule has 0 radical (unpaired) electrons. The third kappa shape index (κ3) is 3.17. The average molecular weight is 228 g/mol. The van der Waals surface area contributed by atoms with Gasteiger partial charge in [0.25, 0.3) is 0 Å². The monoisotopic (exact) mass is 228 g/mol. The second-order valence-corrected chi connectivity index (χ2v) is 5.16. The summed E-state index contributed by atoms with van der Waals surface area (Å²) >= 11 is 0. The lowest BCUT2D eigenvalue weighted by Gasteiger charge is -2.24. The maximum atomic E-state index is 6.23. The number of likely N-dealkylation sites (tertiary alicyclic amines) is 1. The van der Waals surface area contributed by atoms with Crippen LogP contribution in [0.2, 0.25) is 0 Å². The van der Waals surface area contributed by atoms with Gasteiger partial charge in [-0.3, -0.25) is 0 Å². The van der Waals surface area contributed by atoms with Gasteiger partial charge in [0.2, 0.25) is 0 Å². The van der Waals surface area contributed by atoms with E-state index < -0.39 is 0 Å². The van der Waals surface area contributed by atoms with Gasteiger partial charge in [0.05, 0.1) is 13.2 Å². The van der Waals surface area contributed by atoms with E-state index in [0.717, 1.165) is 39.3 Å². The van der Waals surface area contributed by atoms with Crippen LogP contribution in [0.1, 0.15) is 12.8 Å². The molecule has 0 aliphatic carbocycles. The van der Waals surface area contributed by atoms with E-state index in [1.165, 1.54) is 13.0 Å². The molecule has 0 spiro atoms. The summed E-state index contributed by atoms with van der Waals surface area (Å²) in [4.78, 5) is 2.48. The highest BCUT2D eigenvalue weighted by Crippen LogP contribution is 2.20. The lowest BCUT2D eigenvalue weighted by molar-refractivity contribution is 0.149. The normalized spacial score (nSPS) is 33.4. The number of hydrogen-bond donors (Lipinski definition) is 1. The van der Waals surface area contributed by atoms with Crippen molar-refractivity contribution in [2.75, 3.05) is 46.6 Å². The van der Waals surface area contributed by atoms with E-state index in [2.05, 4.69) is 4.90 Å². The van der Waals surface area contributed by atoms with Crippen molar-refractivity contribution >= 4 is 0 Å². The molecular weight excluding hydrogens is 204 g/mol. The van der Waals surface area contributed by atoms with Crippen LogP contribution in [-0.4, -0.2) is 57.5 Å². The van der Waals surface area contributed by atoms with Crippen molar-refractivity contribution in [3.05, 3.63) is 0 Å². The van der Waals surface area contributed by atoms with Crippen LogP contribution < -0.4 is 5.73 Å². The number of nitrogens with two attached hydrogens (primary N) is 1. The van der Waals surface area contributed by atoms with E-state index >= 15 is 0 Å². The molecule has 2 rings (SSSR count). The molecule has 2 N–H and O–H groups in total. The summed E-state index contributed by atoms with van der Waals surface area (Å²) in [6.07, 6.45) is 2.39. The molecule has 2 fully saturated rings. The first-order chi connectivity index (χ1) is 7.79. The van der Waals surface area contributed by atoms with Crippen molar-refractivity contribution in [2.24, 2.45) is 17.6 Å². The Bertz CT molecular complexity index is 207. The zero-order valence-electron chi connectivity index (χ0n) is 10.2. The fourth-order valence-corrected chi connectivity index (χ4v) is 2.79. The molecule has 0 bridgehead atoms. The predicted molar refractivity (Wildman–Crippen MR) is 63.3 cm³/mol. The van der Waals surface area contributed by atoms with E-state index in [4.69, 9.17) is 15.2 Å². The summed E-state index contributed by atoms with van der Waals surface area (Å²) in [5.74, 6) is 1.28. The molecule has 0 aromatic carbocycles. The van der Waals surface area contributed by atoms with Gasteiger partial charge < -0.3 is 20.1 Å². The third-order valence-corrected chi connectivity index (χ3v) is 3.81. The van der Waals surface area contributed by atoms with Crippen LogP contribution in [0.5, 0.6) is 0 Å². The third-order valence-electron chi connectivity index (χ3n) is 3.81. The van der Waals surface area contributed by atoms with Crippen molar-refractivity contribution in [3.8, 4) is 0 Å². The Morgan fingerprint density at radius 2 is 2.38 bits per heavy atom. The molecule has 2 aliphatic rings. The van der Waals surface area contributed by atoms with Gasteiger partial charge in [-0.25, -0.2) is 0 Å². The fourth-order valence-electron chi connectivity index (χ4n) is 2.79. The van der Waals surface area contributed by atoms with Crippen LogP contribution >= 0.6 is 0 Å². The van der Waals surface area contributed by atoms with Gasteiger partial charge in [0, 0.05) is 38.8 Å². The molecule has 94 valence electrons. The van der Waals surface area contributed by atoms with Gasteiger partial charge in [-0.2, -0.15) is 0 Å². The Hall–Kier alpha value is -0.160. The number of ether oxygens (including phenoxy) is 2. The number of rotatable bonds is 5. The Morgan fingerprint density at radius 3 is 3.06 bits per heavy atom.